The first-order valence-corrected chi connectivity index (χ1v) is 8.64. The first-order chi connectivity index (χ1) is 10.6. The monoisotopic (exact) mass is 310 g/mol. The molecule has 0 saturated heterocycles. The smallest absolute Gasteiger partial charge is 0.335 e. The lowest BCUT2D eigenvalue weighted by Crippen LogP contribution is -2.35. The van der Waals surface area contributed by atoms with Gasteiger partial charge in [0.25, 0.3) is 0 Å². The molecule has 0 radical (unpaired) electrons. The molecule has 0 N–H and O–H groups in total. The van der Waals surface area contributed by atoms with Gasteiger partial charge >= 0.3 is 11.9 Å². The molecule has 0 aromatic heterocycles. The van der Waals surface area contributed by atoms with Crippen LogP contribution in [0.3, 0.4) is 0 Å². The maximum Gasteiger partial charge on any atom is 0.335 e. The molecule has 22 heavy (non-hydrogen) atoms. The Hall–Kier alpha value is -1.32. The maximum absolute atomic E-state index is 12.6. The highest BCUT2D eigenvalue weighted by molar-refractivity contribution is 6.01. The van der Waals surface area contributed by atoms with Crippen molar-refractivity contribution in [1.82, 2.24) is 0 Å². The summed E-state index contributed by atoms with van der Waals surface area (Å²) in [6.45, 7) is 8.49. The Bertz CT molecular complexity index is 417. The van der Waals surface area contributed by atoms with E-state index in [1.54, 1.807) is 13.8 Å². The van der Waals surface area contributed by atoms with Crippen LogP contribution in [0.5, 0.6) is 0 Å². The highest BCUT2D eigenvalue weighted by Gasteiger charge is 2.43. The summed E-state index contributed by atoms with van der Waals surface area (Å²) in [6.07, 6.45) is 6.29. The molecule has 4 heteroatoms. The molecule has 0 spiro atoms. The summed E-state index contributed by atoms with van der Waals surface area (Å²) < 4.78 is 10.5. The van der Waals surface area contributed by atoms with Crippen molar-refractivity contribution in [2.75, 3.05) is 13.2 Å². The Labute approximate surface area is 134 Å². The zero-order valence-electron chi connectivity index (χ0n) is 14.5. The highest BCUT2D eigenvalue weighted by Crippen LogP contribution is 2.48. The summed E-state index contributed by atoms with van der Waals surface area (Å²) >= 11 is 0. The standard InChI is InChI=1S/C18H30O4/c1-5-11-18(12-6-2)13-9-10-14(16(19)21-7-3)15(18)17(20)22-8-4/h5-13H2,1-4H3. The maximum atomic E-state index is 12.6. The summed E-state index contributed by atoms with van der Waals surface area (Å²) in [5.41, 5.74) is 0.923. The average Bonchev–Trinajstić information content (AvgIpc) is 2.48. The van der Waals surface area contributed by atoms with Crippen LogP contribution in [-0.2, 0) is 19.1 Å². The molecule has 0 atom stereocenters. The largest absolute Gasteiger partial charge is 0.463 e. The van der Waals surface area contributed by atoms with Crippen LogP contribution >= 0.6 is 0 Å². The SMILES string of the molecule is CCCC1(CCC)CCCC(C(=O)OCC)=C1C(=O)OCC. The lowest BCUT2D eigenvalue weighted by atomic mass is 9.65. The van der Waals surface area contributed by atoms with Crippen LogP contribution in [0.2, 0.25) is 0 Å². The van der Waals surface area contributed by atoms with Crippen LogP contribution in [0.25, 0.3) is 0 Å². The second-order valence-electron chi connectivity index (χ2n) is 5.93. The molecule has 126 valence electrons. The zero-order valence-corrected chi connectivity index (χ0v) is 14.5. The Balaban J connectivity index is 3.36. The molecule has 0 fully saturated rings. The minimum atomic E-state index is -0.346. The van der Waals surface area contributed by atoms with Gasteiger partial charge in [0.05, 0.1) is 18.8 Å². The predicted octanol–water partition coefficient (Wildman–Crippen LogP) is 4.18. The van der Waals surface area contributed by atoms with Crippen molar-refractivity contribution in [1.29, 1.82) is 0 Å². The van der Waals surface area contributed by atoms with Crippen molar-refractivity contribution in [3.05, 3.63) is 11.1 Å². The molecule has 0 aromatic carbocycles. The van der Waals surface area contributed by atoms with E-state index in [1.165, 1.54) is 0 Å². The van der Waals surface area contributed by atoms with Gasteiger partial charge in [-0.25, -0.2) is 9.59 Å². The molecule has 0 unspecified atom stereocenters. The van der Waals surface area contributed by atoms with E-state index in [1.807, 2.05) is 0 Å². The molecule has 4 nitrogen and oxygen atoms in total. The fourth-order valence-corrected chi connectivity index (χ4v) is 3.72. The predicted molar refractivity (Wildman–Crippen MR) is 86.4 cm³/mol. The number of hydrogen-bond donors (Lipinski definition) is 0. The molecule has 1 rings (SSSR count). The second-order valence-corrected chi connectivity index (χ2v) is 5.93. The third-order valence-electron chi connectivity index (χ3n) is 4.37. The van der Waals surface area contributed by atoms with Crippen molar-refractivity contribution in [2.45, 2.75) is 72.6 Å². The van der Waals surface area contributed by atoms with E-state index < -0.39 is 0 Å². The lowest BCUT2D eigenvalue weighted by Gasteiger charge is -2.39. The molecule has 0 aliphatic heterocycles. The first-order valence-electron chi connectivity index (χ1n) is 8.64. The topological polar surface area (TPSA) is 52.6 Å². The van der Waals surface area contributed by atoms with Crippen LogP contribution in [-0.4, -0.2) is 25.2 Å². The van der Waals surface area contributed by atoms with Gasteiger partial charge in [-0.2, -0.15) is 0 Å². The first kappa shape index (κ1) is 18.7. The Kier molecular flexibility index (Phi) is 7.63. The normalized spacial score (nSPS) is 17.3. The van der Waals surface area contributed by atoms with Gasteiger partial charge in [-0.1, -0.05) is 26.7 Å². The highest BCUT2D eigenvalue weighted by atomic mass is 16.5. The number of rotatable bonds is 8. The van der Waals surface area contributed by atoms with Crippen LogP contribution in [0.15, 0.2) is 11.1 Å². The fraction of sp³-hybridized carbons (Fsp3) is 0.778. The van der Waals surface area contributed by atoms with Gasteiger partial charge in [0.2, 0.25) is 0 Å². The Morgan fingerprint density at radius 2 is 1.50 bits per heavy atom. The number of carbonyl (C=O) groups excluding carboxylic acids is 2. The summed E-state index contributed by atoms with van der Waals surface area (Å²) in [7, 11) is 0. The summed E-state index contributed by atoms with van der Waals surface area (Å²) in [5, 5.41) is 0. The number of ether oxygens (including phenoxy) is 2. The second kappa shape index (κ2) is 8.96. The molecule has 0 heterocycles. The van der Waals surface area contributed by atoms with E-state index in [-0.39, 0.29) is 17.4 Å². The molecule has 0 bridgehead atoms. The van der Waals surface area contributed by atoms with E-state index in [4.69, 9.17) is 9.47 Å². The minimum absolute atomic E-state index is 0.226. The fourth-order valence-electron chi connectivity index (χ4n) is 3.72. The van der Waals surface area contributed by atoms with E-state index in [2.05, 4.69) is 13.8 Å². The van der Waals surface area contributed by atoms with Gasteiger partial charge in [0.15, 0.2) is 0 Å². The van der Waals surface area contributed by atoms with E-state index in [0.29, 0.717) is 30.8 Å². The van der Waals surface area contributed by atoms with Gasteiger partial charge in [-0.3, -0.25) is 0 Å². The van der Waals surface area contributed by atoms with Crippen molar-refractivity contribution >= 4 is 11.9 Å². The van der Waals surface area contributed by atoms with Gasteiger partial charge in [0.1, 0.15) is 0 Å². The van der Waals surface area contributed by atoms with Gasteiger partial charge in [-0.15, -0.1) is 0 Å². The molecular weight excluding hydrogens is 280 g/mol. The lowest BCUT2D eigenvalue weighted by molar-refractivity contribution is -0.143. The molecule has 1 aliphatic rings. The molecule has 0 aromatic rings. The van der Waals surface area contributed by atoms with E-state index in [9.17, 15) is 9.59 Å². The van der Waals surface area contributed by atoms with Crippen LogP contribution in [0.4, 0.5) is 0 Å². The van der Waals surface area contributed by atoms with Gasteiger partial charge in [-0.05, 0) is 46.0 Å². The number of hydrogen-bond acceptors (Lipinski definition) is 4. The van der Waals surface area contributed by atoms with Crippen LogP contribution < -0.4 is 0 Å². The molecular formula is C18H30O4. The number of carbonyl (C=O) groups is 2. The Morgan fingerprint density at radius 1 is 0.955 bits per heavy atom. The third kappa shape index (κ3) is 4.11. The average molecular weight is 310 g/mol. The van der Waals surface area contributed by atoms with E-state index in [0.717, 1.165) is 38.5 Å². The van der Waals surface area contributed by atoms with Crippen molar-refractivity contribution in [3.8, 4) is 0 Å². The summed E-state index contributed by atoms with van der Waals surface area (Å²) in [4.78, 5) is 24.9. The molecule has 1 aliphatic carbocycles. The molecule has 0 amide bonds. The van der Waals surface area contributed by atoms with Gasteiger partial charge in [0, 0.05) is 11.0 Å². The van der Waals surface area contributed by atoms with E-state index >= 15 is 0 Å². The Morgan fingerprint density at radius 3 is 2.00 bits per heavy atom. The third-order valence-corrected chi connectivity index (χ3v) is 4.37. The van der Waals surface area contributed by atoms with Crippen LogP contribution in [0.1, 0.15) is 72.6 Å². The van der Waals surface area contributed by atoms with Gasteiger partial charge < -0.3 is 9.47 Å². The summed E-state index contributed by atoms with van der Waals surface area (Å²) in [5.74, 6) is -0.672. The van der Waals surface area contributed by atoms with Crippen molar-refractivity contribution in [2.24, 2.45) is 5.41 Å². The molecule has 0 saturated carbocycles. The quantitative estimate of drug-likeness (QED) is 0.631. The van der Waals surface area contributed by atoms with Crippen molar-refractivity contribution in [3.63, 3.8) is 0 Å². The summed E-state index contributed by atoms with van der Waals surface area (Å²) in [6, 6.07) is 0. The van der Waals surface area contributed by atoms with Crippen molar-refractivity contribution < 1.29 is 19.1 Å². The van der Waals surface area contributed by atoms with Crippen LogP contribution in [0, 0.1) is 5.41 Å². The zero-order chi connectivity index (χ0) is 16.6. The minimum Gasteiger partial charge on any atom is -0.463 e. The number of esters is 2.